The van der Waals surface area contributed by atoms with E-state index in [0.717, 1.165) is 55.1 Å². The SMILES string of the molecule is CCNCC1=NCC(Nc2cc(-c3ccc(-c4ccc(O)cc4O)cc3)[nH]n2)CC1. The molecule has 1 aliphatic rings. The van der Waals surface area contributed by atoms with Gasteiger partial charge in [-0.25, -0.2) is 0 Å². The third-order valence-electron chi connectivity index (χ3n) is 5.31. The van der Waals surface area contributed by atoms with Crippen LogP contribution < -0.4 is 10.6 Å². The van der Waals surface area contributed by atoms with Crippen LogP contribution in [0.25, 0.3) is 22.4 Å². The number of phenols is 2. The predicted octanol–water partition coefficient (Wildman–Crippen LogP) is 3.78. The third-order valence-corrected chi connectivity index (χ3v) is 5.31. The number of anilines is 1. The van der Waals surface area contributed by atoms with Gasteiger partial charge in [0, 0.05) is 36.0 Å². The second-order valence-electron chi connectivity index (χ2n) is 7.51. The lowest BCUT2D eigenvalue weighted by Crippen LogP contribution is -2.32. The van der Waals surface area contributed by atoms with Crippen molar-refractivity contribution >= 4 is 11.5 Å². The lowest BCUT2D eigenvalue weighted by Gasteiger charge is -2.22. The fraction of sp³-hybridized carbons (Fsp3) is 0.304. The Hall–Kier alpha value is -3.32. The zero-order chi connectivity index (χ0) is 20.9. The van der Waals surface area contributed by atoms with Gasteiger partial charge in [0.2, 0.25) is 0 Å². The average molecular weight is 406 g/mol. The normalized spacial score (nSPS) is 16.3. The van der Waals surface area contributed by atoms with E-state index in [9.17, 15) is 10.2 Å². The molecule has 7 nitrogen and oxygen atoms in total. The monoisotopic (exact) mass is 405 g/mol. The number of hydrogen-bond donors (Lipinski definition) is 5. The Bertz CT molecular complexity index is 1030. The van der Waals surface area contributed by atoms with Crippen LogP contribution in [-0.2, 0) is 0 Å². The van der Waals surface area contributed by atoms with Crippen LogP contribution >= 0.6 is 0 Å². The number of aromatic amines is 1. The molecular formula is C23H27N5O2. The van der Waals surface area contributed by atoms with Crippen LogP contribution in [0, 0.1) is 0 Å². The summed E-state index contributed by atoms with van der Waals surface area (Å²) in [6.07, 6.45) is 2.06. The molecule has 0 radical (unpaired) electrons. The Morgan fingerprint density at radius 1 is 1.07 bits per heavy atom. The fourth-order valence-corrected chi connectivity index (χ4v) is 3.63. The molecule has 0 spiro atoms. The summed E-state index contributed by atoms with van der Waals surface area (Å²) in [6, 6.07) is 14.8. The number of benzene rings is 2. The molecule has 3 aromatic rings. The molecule has 0 bridgehead atoms. The van der Waals surface area contributed by atoms with E-state index in [0.29, 0.717) is 11.6 Å². The van der Waals surface area contributed by atoms with E-state index in [1.807, 2.05) is 30.3 Å². The van der Waals surface area contributed by atoms with Gasteiger partial charge < -0.3 is 20.8 Å². The van der Waals surface area contributed by atoms with E-state index in [4.69, 9.17) is 0 Å². The minimum absolute atomic E-state index is 0.0443. The standard InChI is InChI=1S/C23H27N5O2/c1-2-24-13-17-7-8-18(14-25-17)26-23-12-21(27-28-23)16-5-3-15(4-6-16)20-10-9-19(29)11-22(20)30/h3-6,9-12,18,24,29-30H,2,7-8,13-14H2,1H3,(H2,26,27,28). The molecule has 1 aliphatic heterocycles. The summed E-state index contributed by atoms with van der Waals surface area (Å²) in [5.41, 5.74) is 4.73. The Morgan fingerprint density at radius 3 is 2.57 bits per heavy atom. The average Bonchev–Trinajstić information content (AvgIpc) is 3.22. The highest BCUT2D eigenvalue weighted by molar-refractivity contribution is 5.87. The largest absolute Gasteiger partial charge is 0.508 e. The molecule has 1 unspecified atom stereocenters. The Balaban J connectivity index is 1.40. The molecule has 0 saturated carbocycles. The fourth-order valence-electron chi connectivity index (χ4n) is 3.63. The second kappa shape index (κ2) is 9.00. The van der Waals surface area contributed by atoms with Gasteiger partial charge in [0.05, 0.1) is 12.2 Å². The quantitative estimate of drug-likeness (QED) is 0.411. The van der Waals surface area contributed by atoms with Crippen LogP contribution in [-0.4, -0.2) is 51.8 Å². The summed E-state index contributed by atoms with van der Waals surface area (Å²) in [5.74, 6) is 0.919. The first-order chi connectivity index (χ1) is 14.6. The summed E-state index contributed by atoms with van der Waals surface area (Å²) in [5, 5.41) is 33.8. The summed E-state index contributed by atoms with van der Waals surface area (Å²) < 4.78 is 0. The first-order valence-corrected chi connectivity index (χ1v) is 10.3. The molecular weight excluding hydrogens is 378 g/mol. The molecule has 7 heteroatoms. The number of H-pyrrole nitrogens is 1. The van der Waals surface area contributed by atoms with Gasteiger partial charge in [0.1, 0.15) is 17.3 Å². The molecule has 1 atom stereocenters. The van der Waals surface area contributed by atoms with Crippen LogP contribution in [0.15, 0.2) is 53.5 Å². The van der Waals surface area contributed by atoms with Crippen LogP contribution in [0.3, 0.4) is 0 Å². The number of rotatable bonds is 7. The highest BCUT2D eigenvalue weighted by atomic mass is 16.3. The number of nitrogens with zero attached hydrogens (tertiary/aromatic N) is 2. The number of aromatic hydroxyl groups is 2. The van der Waals surface area contributed by atoms with Crippen molar-refractivity contribution in [3.05, 3.63) is 48.5 Å². The Labute approximate surface area is 175 Å². The van der Waals surface area contributed by atoms with E-state index in [2.05, 4.69) is 32.7 Å². The highest BCUT2D eigenvalue weighted by Crippen LogP contribution is 2.33. The maximum Gasteiger partial charge on any atom is 0.148 e. The minimum atomic E-state index is 0.0443. The zero-order valence-electron chi connectivity index (χ0n) is 17.0. The molecule has 0 fully saturated rings. The van der Waals surface area contributed by atoms with Crippen molar-refractivity contribution in [2.24, 2.45) is 4.99 Å². The van der Waals surface area contributed by atoms with Crippen molar-refractivity contribution < 1.29 is 10.2 Å². The lowest BCUT2D eigenvalue weighted by molar-refractivity contribution is 0.452. The topological polar surface area (TPSA) is 106 Å². The number of phenolic OH excluding ortho intramolecular Hbond substituents is 2. The second-order valence-corrected chi connectivity index (χ2v) is 7.51. The molecule has 0 aliphatic carbocycles. The van der Waals surface area contributed by atoms with Gasteiger partial charge >= 0.3 is 0 Å². The van der Waals surface area contributed by atoms with Crippen molar-refractivity contribution in [2.75, 3.05) is 25.0 Å². The van der Waals surface area contributed by atoms with E-state index in [1.54, 1.807) is 12.1 Å². The molecule has 5 N–H and O–H groups in total. The third kappa shape index (κ3) is 4.63. The summed E-state index contributed by atoms with van der Waals surface area (Å²) in [6.45, 7) is 4.73. The number of aliphatic imine (C=N–C) groups is 1. The van der Waals surface area contributed by atoms with Crippen molar-refractivity contribution in [1.82, 2.24) is 15.5 Å². The summed E-state index contributed by atoms with van der Waals surface area (Å²) >= 11 is 0. The van der Waals surface area contributed by atoms with Crippen molar-refractivity contribution in [3.63, 3.8) is 0 Å². The van der Waals surface area contributed by atoms with Crippen molar-refractivity contribution in [3.8, 4) is 33.9 Å². The van der Waals surface area contributed by atoms with Gasteiger partial charge in [-0.15, -0.1) is 0 Å². The van der Waals surface area contributed by atoms with Crippen LogP contribution in [0.4, 0.5) is 5.82 Å². The molecule has 0 amide bonds. The Morgan fingerprint density at radius 2 is 1.87 bits per heavy atom. The summed E-state index contributed by atoms with van der Waals surface area (Å²) in [4.78, 5) is 4.68. The van der Waals surface area contributed by atoms with Crippen LogP contribution in [0.1, 0.15) is 19.8 Å². The zero-order valence-corrected chi connectivity index (χ0v) is 17.0. The molecule has 30 heavy (non-hydrogen) atoms. The van der Waals surface area contributed by atoms with Gasteiger partial charge in [0.15, 0.2) is 0 Å². The highest BCUT2D eigenvalue weighted by Gasteiger charge is 2.16. The van der Waals surface area contributed by atoms with E-state index < -0.39 is 0 Å². The molecule has 156 valence electrons. The molecule has 1 aromatic heterocycles. The van der Waals surface area contributed by atoms with Crippen molar-refractivity contribution in [1.29, 1.82) is 0 Å². The van der Waals surface area contributed by atoms with Crippen LogP contribution in [0.2, 0.25) is 0 Å². The van der Waals surface area contributed by atoms with Gasteiger partial charge in [-0.1, -0.05) is 31.2 Å². The van der Waals surface area contributed by atoms with E-state index >= 15 is 0 Å². The van der Waals surface area contributed by atoms with Gasteiger partial charge in [-0.05, 0) is 42.6 Å². The lowest BCUT2D eigenvalue weighted by atomic mass is 10.0. The van der Waals surface area contributed by atoms with E-state index in [-0.39, 0.29) is 11.5 Å². The number of hydrogen-bond acceptors (Lipinski definition) is 6. The summed E-state index contributed by atoms with van der Waals surface area (Å²) in [7, 11) is 0. The molecule has 2 aromatic carbocycles. The van der Waals surface area contributed by atoms with E-state index in [1.165, 1.54) is 11.8 Å². The van der Waals surface area contributed by atoms with Gasteiger partial charge in [0.25, 0.3) is 0 Å². The first-order valence-electron chi connectivity index (χ1n) is 10.3. The van der Waals surface area contributed by atoms with Gasteiger partial charge in [-0.3, -0.25) is 10.1 Å². The maximum atomic E-state index is 10.1. The number of nitrogens with one attached hydrogen (secondary N) is 3. The van der Waals surface area contributed by atoms with Crippen molar-refractivity contribution in [2.45, 2.75) is 25.8 Å². The van der Waals surface area contributed by atoms with Gasteiger partial charge in [-0.2, -0.15) is 5.10 Å². The predicted molar refractivity (Wildman–Crippen MR) is 120 cm³/mol. The molecule has 0 saturated heterocycles. The number of aromatic nitrogens is 2. The van der Waals surface area contributed by atoms with Crippen LogP contribution in [0.5, 0.6) is 11.5 Å². The Kier molecular flexibility index (Phi) is 5.99. The smallest absolute Gasteiger partial charge is 0.148 e. The first kappa shape index (κ1) is 20.0. The molecule has 2 heterocycles. The minimum Gasteiger partial charge on any atom is -0.508 e. The molecule has 4 rings (SSSR count). The maximum absolute atomic E-state index is 10.1.